The SMILES string of the molecule is CCC(=O)CCCNC(=O)c1ccc(C2=NCc3ccccc32)cc1. The molecule has 0 radical (unpaired) electrons. The Balaban J connectivity index is 1.59. The largest absolute Gasteiger partial charge is 0.352 e. The summed E-state index contributed by atoms with van der Waals surface area (Å²) in [4.78, 5) is 28.0. The molecule has 1 aliphatic heterocycles. The molecule has 0 bridgehead atoms. The zero-order valence-electron chi connectivity index (χ0n) is 14.4. The van der Waals surface area contributed by atoms with Crippen molar-refractivity contribution in [2.75, 3.05) is 6.54 Å². The quantitative estimate of drug-likeness (QED) is 0.788. The number of nitrogens with zero attached hydrogens (tertiary/aromatic N) is 1. The van der Waals surface area contributed by atoms with E-state index >= 15 is 0 Å². The first-order valence-electron chi connectivity index (χ1n) is 8.72. The summed E-state index contributed by atoms with van der Waals surface area (Å²) in [7, 11) is 0. The van der Waals surface area contributed by atoms with E-state index in [2.05, 4.69) is 22.4 Å². The third-order valence-corrected chi connectivity index (χ3v) is 4.41. The van der Waals surface area contributed by atoms with Crippen LogP contribution in [0.2, 0.25) is 0 Å². The van der Waals surface area contributed by atoms with Crippen LogP contribution in [-0.4, -0.2) is 23.9 Å². The minimum atomic E-state index is -0.107. The molecule has 4 nitrogen and oxygen atoms in total. The lowest BCUT2D eigenvalue weighted by molar-refractivity contribution is -0.118. The number of carbonyl (C=O) groups excluding carboxylic acids is 2. The maximum Gasteiger partial charge on any atom is 0.251 e. The molecule has 0 spiro atoms. The molecule has 1 amide bonds. The highest BCUT2D eigenvalue weighted by Gasteiger charge is 2.16. The molecule has 25 heavy (non-hydrogen) atoms. The van der Waals surface area contributed by atoms with Gasteiger partial charge in [-0.25, -0.2) is 0 Å². The topological polar surface area (TPSA) is 58.5 Å². The van der Waals surface area contributed by atoms with E-state index in [1.807, 2.05) is 43.3 Å². The van der Waals surface area contributed by atoms with Crippen molar-refractivity contribution < 1.29 is 9.59 Å². The maximum atomic E-state index is 12.2. The second kappa shape index (κ2) is 7.88. The van der Waals surface area contributed by atoms with Gasteiger partial charge in [-0.1, -0.05) is 43.3 Å². The van der Waals surface area contributed by atoms with Gasteiger partial charge in [0.1, 0.15) is 5.78 Å². The van der Waals surface area contributed by atoms with Crippen LogP contribution >= 0.6 is 0 Å². The smallest absolute Gasteiger partial charge is 0.251 e. The Morgan fingerprint density at radius 1 is 1.08 bits per heavy atom. The van der Waals surface area contributed by atoms with Gasteiger partial charge in [0.15, 0.2) is 0 Å². The van der Waals surface area contributed by atoms with Crippen molar-refractivity contribution in [3.05, 3.63) is 70.8 Å². The Bertz CT molecular complexity index is 807. The monoisotopic (exact) mass is 334 g/mol. The predicted octanol–water partition coefficient (Wildman–Crippen LogP) is 3.53. The summed E-state index contributed by atoms with van der Waals surface area (Å²) in [6, 6.07) is 15.8. The maximum absolute atomic E-state index is 12.2. The second-order valence-corrected chi connectivity index (χ2v) is 6.15. The zero-order valence-corrected chi connectivity index (χ0v) is 14.4. The van der Waals surface area contributed by atoms with E-state index in [9.17, 15) is 9.59 Å². The normalized spacial score (nSPS) is 12.4. The summed E-state index contributed by atoms with van der Waals surface area (Å²) in [5.41, 5.74) is 5.04. The van der Waals surface area contributed by atoms with Gasteiger partial charge in [0.05, 0.1) is 12.3 Å². The van der Waals surface area contributed by atoms with Crippen LogP contribution in [0.4, 0.5) is 0 Å². The van der Waals surface area contributed by atoms with Gasteiger partial charge in [0.2, 0.25) is 0 Å². The van der Waals surface area contributed by atoms with Crippen LogP contribution in [0.25, 0.3) is 0 Å². The van der Waals surface area contributed by atoms with E-state index in [1.165, 1.54) is 11.1 Å². The van der Waals surface area contributed by atoms with Crippen LogP contribution in [0.5, 0.6) is 0 Å². The molecule has 0 aromatic heterocycles. The van der Waals surface area contributed by atoms with Gasteiger partial charge in [0, 0.05) is 36.1 Å². The molecule has 128 valence electrons. The summed E-state index contributed by atoms with van der Waals surface area (Å²) in [5, 5.41) is 2.86. The Labute approximate surface area is 148 Å². The van der Waals surface area contributed by atoms with Crippen LogP contribution in [0.1, 0.15) is 53.2 Å². The molecule has 0 atom stereocenters. The number of aliphatic imine (C=N–C) groups is 1. The van der Waals surface area contributed by atoms with Crippen molar-refractivity contribution >= 4 is 17.4 Å². The van der Waals surface area contributed by atoms with Crippen molar-refractivity contribution in [2.45, 2.75) is 32.7 Å². The fraction of sp³-hybridized carbons (Fsp3) is 0.286. The molecule has 0 fully saturated rings. The van der Waals surface area contributed by atoms with Gasteiger partial charge in [-0.2, -0.15) is 0 Å². The fourth-order valence-electron chi connectivity index (χ4n) is 2.93. The van der Waals surface area contributed by atoms with Gasteiger partial charge in [-0.05, 0) is 24.1 Å². The Morgan fingerprint density at radius 2 is 1.84 bits per heavy atom. The first kappa shape index (κ1) is 17.1. The number of fused-ring (bicyclic) bond motifs is 1. The molecule has 0 unspecified atom stereocenters. The van der Waals surface area contributed by atoms with Crippen LogP contribution < -0.4 is 5.32 Å². The van der Waals surface area contributed by atoms with Crippen LogP contribution in [-0.2, 0) is 11.3 Å². The second-order valence-electron chi connectivity index (χ2n) is 6.15. The number of amides is 1. The first-order valence-corrected chi connectivity index (χ1v) is 8.72. The highest BCUT2D eigenvalue weighted by atomic mass is 16.1. The molecule has 0 saturated heterocycles. The molecular weight excluding hydrogens is 312 g/mol. The van der Waals surface area contributed by atoms with E-state index in [-0.39, 0.29) is 11.7 Å². The number of benzene rings is 2. The van der Waals surface area contributed by atoms with Crippen molar-refractivity contribution in [2.24, 2.45) is 4.99 Å². The molecule has 3 rings (SSSR count). The molecule has 1 heterocycles. The molecule has 2 aromatic carbocycles. The van der Waals surface area contributed by atoms with Crippen molar-refractivity contribution in [3.8, 4) is 0 Å². The average molecular weight is 334 g/mol. The Kier molecular flexibility index (Phi) is 5.39. The molecule has 0 aliphatic carbocycles. The van der Waals surface area contributed by atoms with E-state index in [0.29, 0.717) is 37.9 Å². The molecule has 4 heteroatoms. The van der Waals surface area contributed by atoms with E-state index < -0.39 is 0 Å². The minimum Gasteiger partial charge on any atom is -0.352 e. The number of ketones is 1. The lowest BCUT2D eigenvalue weighted by Gasteiger charge is -2.07. The van der Waals surface area contributed by atoms with Crippen molar-refractivity contribution in [1.82, 2.24) is 5.32 Å². The van der Waals surface area contributed by atoms with Gasteiger partial charge in [-0.15, -0.1) is 0 Å². The molecule has 1 aliphatic rings. The number of hydrogen-bond acceptors (Lipinski definition) is 3. The highest BCUT2D eigenvalue weighted by Crippen LogP contribution is 2.22. The number of hydrogen-bond donors (Lipinski definition) is 1. The van der Waals surface area contributed by atoms with Crippen LogP contribution in [0.3, 0.4) is 0 Å². The molecule has 1 N–H and O–H groups in total. The molecule has 0 saturated carbocycles. The minimum absolute atomic E-state index is 0.107. The van der Waals surface area contributed by atoms with E-state index in [4.69, 9.17) is 0 Å². The number of carbonyl (C=O) groups is 2. The predicted molar refractivity (Wildman–Crippen MR) is 99.1 cm³/mol. The van der Waals surface area contributed by atoms with Crippen molar-refractivity contribution in [1.29, 1.82) is 0 Å². The third kappa shape index (κ3) is 4.02. The fourth-order valence-corrected chi connectivity index (χ4v) is 2.93. The standard InChI is InChI=1S/C21H22N2O2/c1-2-18(24)7-5-13-22-21(25)16-11-9-15(10-12-16)20-19-8-4-3-6-17(19)14-23-20/h3-4,6,8-12H,2,5,7,13-14H2,1H3,(H,22,25). The van der Waals surface area contributed by atoms with Gasteiger partial charge >= 0.3 is 0 Å². The van der Waals surface area contributed by atoms with Crippen LogP contribution in [0.15, 0.2) is 53.5 Å². The lowest BCUT2D eigenvalue weighted by atomic mass is 9.99. The average Bonchev–Trinajstić information content (AvgIpc) is 3.09. The Morgan fingerprint density at radius 3 is 2.60 bits per heavy atom. The van der Waals surface area contributed by atoms with Crippen molar-refractivity contribution in [3.63, 3.8) is 0 Å². The van der Waals surface area contributed by atoms with E-state index in [1.54, 1.807) is 0 Å². The number of nitrogens with one attached hydrogen (secondary N) is 1. The van der Waals surface area contributed by atoms with E-state index in [0.717, 1.165) is 11.3 Å². The highest BCUT2D eigenvalue weighted by molar-refractivity contribution is 6.15. The van der Waals surface area contributed by atoms with Gasteiger partial charge in [0.25, 0.3) is 5.91 Å². The summed E-state index contributed by atoms with van der Waals surface area (Å²) >= 11 is 0. The Hall–Kier alpha value is -2.75. The lowest BCUT2D eigenvalue weighted by Crippen LogP contribution is -2.24. The summed E-state index contributed by atoms with van der Waals surface area (Å²) < 4.78 is 0. The number of rotatable bonds is 7. The third-order valence-electron chi connectivity index (χ3n) is 4.41. The summed E-state index contributed by atoms with van der Waals surface area (Å²) in [6.45, 7) is 3.09. The molecule has 2 aromatic rings. The van der Waals surface area contributed by atoms with Crippen LogP contribution in [0, 0.1) is 0 Å². The molecular formula is C21H22N2O2. The summed E-state index contributed by atoms with van der Waals surface area (Å²) in [6.07, 6.45) is 1.77. The van der Waals surface area contributed by atoms with Gasteiger partial charge < -0.3 is 5.32 Å². The van der Waals surface area contributed by atoms with Gasteiger partial charge in [-0.3, -0.25) is 14.6 Å². The number of Topliss-reactive ketones (excluding diaryl/α,β-unsaturated/α-hetero) is 1. The first-order chi connectivity index (χ1) is 12.2. The zero-order chi connectivity index (χ0) is 17.6. The summed E-state index contributed by atoms with van der Waals surface area (Å²) in [5.74, 6) is 0.125.